The molecule has 19 heavy (non-hydrogen) atoms. The van der Waals surface area contributed by atoms with Crippen molar-refractivity contribution in [2.45, 2.75) is 31.7 Å². The van der Waals surface area contributed by atoms with Crippen LogP contribution in [-0.4, -0.2) is 18.5 Å². The number of benzene rings is 1. The minimum Gasteiger partial charge on any atom is -0.376 e. The average molecular weight is 305 g/mol. The van der Waals surface area contributed by atoms with Gasteiger partial charge < -0.3 is 10.6 Å². The van der Waals surface area contributed by atoms with Crippen LogP contribution in [0.1, 0.15) is 25.7 Å². The summed E-state index contributed by atoms with van der Waals surface area (Å²) >= 11 is 11.3. The highest BCUT2D eigenvalue weighted by atomic mass is 35.5. The van der Waals surface area contributed by atoms with E-state index in [1.165, 1.54) is 25.0 Å². The van der Waals surface area contributed by atoms with E-state index < -0.39 is 5.82 Å². The van der Waals surface area contributed by atoms with Crippen LogP contribution < -0.4 is 10.6 Å². The number of carbonyl (C=O) groups excluding carboxylic acids is 1. The summed E-state index contributed by atoms with van der Waals surface area (Å²) in [4.78, 5) is 11.7. The monoisotopic (exact) mass is 304 g/mol. The van der Waals surface area contributed by atoms with E-state index in [4.69, 9.17) is 23.2 Å². The summed E-state index contributed by atoms with van der Waals surface area (Å²) in [6.07, 6.45) is 4.42. The molecule has 1 aliphatic rings. The molecular weight excluding hydrogens is 290 g/mol. The molecule has 1 fully saturated rings. The highest BCUT2D eigenvalue weighted by Gasteiger charge is 2.16. The summed E-state index contributed by atoms with van der Waals surface area (Å²) in [6.45, 7) is 0.120. The Morgan fingerprint density at radius 1 is 1.26 bits per heavy atom. The number of carbonyl (C=O) groups is 1. The molecule has 2 N–H and O–H groups in total. The first-order chi connectivity index (χ1) is 9.06. The summed E-state index contributed by atoms with van der Waals surface area (Å²) in [5, 5.41) is 5.70. The van der Waals surface area contributed by atoms with E-state index in [-0.39, 0.29) is 28.5 Å². The minimum absolute atomic E-state index is 0.0637. The topological polar surface area (TPSA) is 41.1 Å². The molecule has 3 nitrogen and oxygen atoms in total. The lowest BCUT2D eigenvalue weighted by atomic mass is 10.2. The maximum Gasteiger partial charge on any atom is 0.239 e. The maximum absolute atomic E-state index is 13.2. The minimum atomic E-state index is -0.649. The molecule has 0 atom stereocenters. The predicted molar refractivity (Wildman–Crippen MR) is 75.3 cm³/mol. The largest absolute Gasteiger partial charge is 0.376 e. The third kappa shape index (κ3) is 3.98. The Balaban J connectivity index is 1.86. The first-order valence-corrected chi connectivity index (χ1v) is 6.99. The SMILES string of the molecule is O=C(CNc1cc(Cl)c(F)c(Cl)c1)NC1CCCC1. The van der Waals surface area contributed by atoms with Crippen molar-refractivity contribution in [1.29, 1.82) is 0 Å². The van der Waals surface area contributed by atoms with E-state index in [9.17, 15) is 9.18 Å². The van der Waals surface area contributed by atoms with Crippen LogP contribution in [0, 0.1) is 5.82 Å². The number of amides is 1. The summed E-state index contributed by atoms with van der Waals surface area (Å²) in [5.74, 6) is -0.729. The predicted octanol–water partition coefficient (Wildman–Crippen LogP) is 3.60. The third-order valence-corrected chi connectivity index (χ3v) is 3.71. The molecule has 0 aliphatic heterocycles. The Kier molecular flexibility index (Phi) is 4.88. The number of rotatable bonds is 4. The molecule has 1 saturated carbocycles. The Morgan fingerprint density at radius 3 is 2.42 bits per heavy atom. The molecule has 0 unspecified atom stereocenters. The molecule has 0 saturated heterocycles. The lowest BCUT2D eigenvalue weighted by molar-refractivity contribution is -0.120. The molecule has 0 radical (unpaired) electrons. The van der Waals surface area contributed by atoms with Gasteiger partial charge in [-0.25, -0.2) is 4.39 Å². The maximum atomic E-state index is 13.2. The van der Waals surface area contributed by atoms with E-state index in [2.05, 4.69) is 10.6 Å². The summed E-state index contributed by atoms with van der Waals surface area (Å²) in [7, 11) is 0. The highest BCUT2D eigenvalue weighted by Crippen LogP contribution is 2.27. The lowest BCUT2D eigenvalue weighted by Crippen LogP contribution is -2.36. The Labute approximate surface area is 121 Å². The first-order valence-electron chi connectivity index (χ1n) is 6.24. The van der Waals surface area contributed by atoms with Gasteiger partial charge in [0.25, 0.3) is 0 Å². The zero-order valence-electron chi connectivity index (χ0n) is 10.3. The average Bonchev–Trinajstić information content (AvgIpc) is 2.86. The molecule has 1 aromatic rings. The van der Waals surface area contributed by atoms with Crippen LogP contribution >= 0.6 is 23.2 Å². The van der Waals surface area contributed by atoms with E-state index in [1.807, 2.05) is 0 Å². The van der Waals surface area contributed by atoms with Crippen molar-refractivity contribution < 1.29 is 9.18 Å². The van der Waals surface area contributed by atoms with E-state index in [0.29, 0.717) is 5.69 Å². The normalized spacial score (nSPS) is 15.5. The second-order valence-corrected chi connectivity index (χ2v) is 5.47. The fourth-order valence-electron chi connectivity index (χ4n) is 2.19. The first kappa shape index (κ1) is 14.4. The van der Waals surface area contributed by atoms with Crippen molar-refractivity contribution in [3.63, 3.8) is 0 Å². The number of halogens is 3. The van der Waals surface area contributed by atoms with Crippen LogP contribution in [0.5, 0.6) is 0 Å². The zero-order valence-corrected chi connectivity index (χ0v) is 11.8. The molecule has 104 valence electrons. The lowest BCUT2D eigenvalue weighted by Gasteiger charge is -2.13. The van der Waals surface area contributed by atoms with Crippen LogP contribution in [0.2, 0.25) is 10.0 Å². The quantitative estimate of drug-likeness (QED) is 0.835. The Hall–Kier alpha value is -1.00. The molecule has 6 heteroatoms. The number of hydrogen-bond donors (Lipinski definition) is 2. The van der Waals surface area contributed by atoms with Gasteiger partial charge in [0.05, 0.1) is 16.6 Å². The van der Waals surface area contributed by atoms with E-state index >= 15 is 0 Å². The zero-order chi connectivity index (χ0) is 13.8. The fraction of sp³-hybridized carbons (Fsp3) is 0.462. The molecule has 0 heterocycles. The van der Waals surface area contributed by atoms with Gasteiger partial charge in [-0.2, -0.15) is 0 Å². The van der Waals surface area contributed by atoms with Crippen molar-refractivity contribution in [3.05, 3.63) is 28.0 Å². The van der Waals surface area contributed by atoms with Gasteiger partial charge in [-0.05, 0) is 25.0 Å². The fourth-order valence-corrected chi connectivity index (χ4v) is 2.68. The third-order valence-electron chi connectivity index (χ3n) is 3.16. The van der Waals surface area contributed by atoms with Gasteiger partial charge in [-0.3, -0.25) is 4.79 Å². The number of hydrogen-bond acceptors (Lipinski definition) is 2. The second-order valence-electron chi connectivity index (χ2n) is 4.66. The molecule has 2 rings (SSSR count). The van der Waals surface area contributed by atoms with Gasteiger partial charge >= 0.3 is 0 Å². The van der Waals surface area contributed by atoms with Gasteiger partial charge in [0.1, 0.15) is 0 Å². The Morgan fingerprint density at radius 2 is 1.84 bits per heavy atom. The van der Waals surface area contributed by atoms with Crippen LogP contribution in [0.15, 0.2) is 12.1 Å². The second kappa shape index (κ2) is 6.44. The summed E-state index contributed by atoms with van der Waals surface area (Å²) in [6, 6.07) is 3.10. The smallest absolute Gasteiger partial charge is 0.239 e. The van der Waals surface area contributed by atoms with Gasteiger partial charge in [0, 0.05) is 11.7 Å². The summed E-state index contributed by atoms with van der Waals surface area (Å²) in [5.41, 5.74) is 0.526. The molecule has 0 bridgehead atoms. The van der Waals surface area contributed by atoms with Gasteiger partial charge in [0.2, 0.25) is 5.91 Å². The molecule has 1 aromatic carbocycles. The van der Waals surface area contributed by atoms with Gasteiger partial charge in [0.15, 0.2) is 5.82 Å². The number of anilines is 1. The highest BCUT2D eigenvalue weighted by molar-refractivity contribution is 6.35. The van der Waals surface area contributed by atoms with Crippen LogP contribution in [0.25, 0.3) is 0 Å². The van der Waals surface area contributed by atoms with Crippen molar-refractivity contribution in [2.75, 3.05) is 11.9 Å². The molecule has 1 amide bonds. The summed E-state index contributed by atoms with van der Waals surface area (Å²) < 4.78 is 13.2. The Bertz CT molecular complexity index is 453. The van der Waals surface area contributed by atoms with Crippen LogP contribution in [-0.2, 0) is 4.79 Å². The molecule has 0 spiro atoms. The van der Waals surface area contributed by atoms with Crippen LogP contribution in [0.3, 0.4) is 0 Å². The molecular formula is C13H15Cl2FN2O. The van der Waals surface area contributed by atoms with Gasteiger partial charge in [-0.1, -0.05) is 36.0 Å². The standard InChI is InChI=1S/C13H15Cl2FN2O/c14-10-5-9(6-11(15)13(10)16)17-7-12(19)18-8-3-1-2-4-8/h5-6,8,17H,1-4,7H2,(H,18,19). The van der Waals surface area contributed by atoms with Crippen molar-refractivity contribution in [1.82, 2.24) is 5.32 Å². The van der Waals surface area contributed by atoms with Gasteiger partial charge in [-0.15, -0.1) is 0 Å². The molecule has 1 aliphatic carbocycles. The van der Waals surface area contributed by atoms with E-state index in [1.54, 1.807) is 0 Å². The molecule has 0 aromatic heterocycles. The van der Waals surface area contributed by atoms with E-state index in [0.717, 1.165) is 12.8 Å². The van der Waals surface area contributed by atoms with Crippen molar-refractivity contribution in [3.8, 4) is 0 Å². The van der Waals surface area contributed by atoms with Crippen molar-refractivity contribution >= 4 is 34.8 Å². The van der Waals surface area contributed by atoms with Crippen LogP contribution in [0.4, 0.5) is 10.1 Å². The number of nitrogens with one attached hydrogen (secondary N) is 2. The van der Waals surface area contributed by atoms with Crippen molar-refractivity contribution in [2.24, 2.45) is 0 Å².